The van der Waals surface area contributed by atoms with E-state index in [-0.39, 0.29) is 11.8 Å². The van der Waals surface area contributed by atoms with Crippen molar-refractivity contribution in [2.45, 2.75) is 19.8 Å². The molecule has 0 bridgehead atoms. The van der Waals surface area contributed by atoms with Crippen LogP contribution < -0.4 is 5.32 Å². The van der Waals surface area contributed by atoms with Gasteiger partial charge in [0.15, 0.2) is 0 Å². The zero-order chi connectivity index (χ0) is 12.4. The van der Waals surface area contributed by atoms with Crippen LogP contribution in [0.5, 0.6) is 0 Å². The van der Waals surface area contributed by atoms with Crippen LogP contribution in [0.25, 0.3) is 0 Å². The van der Waals surface area contributed by atoms with Gasteiger partial charge < -0.3 is 10.4 Å². The van der Waals surface area contributed by atoms with Crippen LogP contribution in [-0.4, -0.2) is 27.2 Å². The molecule has 2 N–H and O–H groups in total. The van der Waals surface area contributed by atoms with Crippen molar-refractivity contribution in [2.24, 2.45) is 17.8 Å². The predicted molar refractivity (Wildman–Crippen MR) is 61.6 cm³/mol. The quantitative estimate of drug-likeness (QED) is 0.847. The molecule has 0 radical (unpaired) electrons. The molecule has 1 aliphatic carbocycles. The van der Waals surface area contributed by atoms with E-state index in [1.54, 1.807) is 0 Å². The number of aromatic nitrogens is 2. The normalized spacial score (nSPS) is 27.9. The van der Waals surface area contributed by atoms with E-state index in [9.17, 15) is 9.59 Å². The maximum atomic E-state index is 11.9. The molecular formula is C10H13N3O3S. The number of nitrogens with one attached hydrogen (secondary N) is 1. The van der Waals surface area contributed by atoms with E-state index in [2.05, 4.69) is 15.5 Å². The molecule has 1 aromatic rings. The minimum atomic E-state index is -0.897. The molecule has 1 aliphatic rings. The van der Waals surface area contributed by atoms with Gasteiger partial charge in [0.05, 0.1) is 11.8 Å². The molecule has 6 nitrogen and oxygen atoms in total. The largest absolute Gasteiger partial charge is 0.481 e. The van der Waals surface area contributed by atoms with Gasteiger partial charge in [0.2, 0.25) is 11.0 Å². The van der Waals surface area contributed by atoms with E-state index in [1.807, 2.05) is 6.92 Å². The first kappa shape index (κ1) is 12.0. The lowest BCUT2D eigenvalue weighted by Crippen LogP contribution is -2.29. The highest BCUT2D eigenvalue weighted by Gasteiger charge is 2.41. The Hall–Kier alpha value is -1.50. The average molecular weight is 255 g/mol. The average Bonchev–Trinajstić information content (AvgIpc) is 2.86. The molecule has 3 atom stereocenters. The summed E-state index contributed by atoms with van der Waals surface area (Å²) >= 11 is 1.22. The third-order valence-corrected chi connectivity index (χ3v) is 3.65. The number of carboxylic acids is 1. The van der Waals surface area contributed by atoms with Crippen LogP contribution in [0.4, 0.5) is 5.13 Å². The summed E-state index contributed by atoms with van der Waals surface area (Å²) < 4.78 is 0. The number of hydrogen-bond acceptors (Lipinski definition) is 5. The van der Waals surface area contributed by atoms with Crippen molar-refractivity contribution >= 4 is 28.3 Å². The summed E-state index contributed by atoms with van der Waals surface area (Å²) in [5, 5.41) is 19.4. The second kappa shape index (κ2) is 4.79. The SMILES string of the molecule is CC1CC(C(=O)O)C(C(=O)Nc2nncs2)C1. The summed E-state index contributed by atoms with van der Waals surface area (Å²) in [6.45, 7) is 1.97. The maximum Gasteiger partial charge on any atom is 0.307 e. The second-order valence-corrected chi connectivity index (χ2v) is 5.19. The number of aliphatic carboxylic acids is 1. The van der Waals surface area contributed by atoms with Gasteiger partial charge in [-0.05, 0) is 18.8 Å². The molecule has 0 spiro atoms. The first-order valence-corrected chi connectivity index (χ1v) is 6.25. The lowest BCUT2D eigenvalue weighted by molar-refractivity contribution is -0.145. The number of hydrogen-bond donors (Lipinski definition) is 2. The van der Waals surface area contributed by atoms with Gasteiger partial charge in [-0.15, -0.1) is 10.2 Å². The molecule has 3 unspecified atom stereocenters. The highest BCUT2D eigenvalue weighted by molar-refractivity contribution is 7.13. The third-order valence-electron chi connectivity index (χ3n) is 3.04. The van der Waals surface area contributed by atoms with E-state index in [0.29, 0.717) is 18.0 Å². The van der Waals surface area contributed by atoms with E-state index >= 15 is 0 Å². The van der Waals surface area contributed by atoms with Gasteiger partial charge in [0.1, 0.15) is 5.51 Å². The van der Waals surface area contributed by atoms with Crippen molar-refractivity contribution in [3.63, 3.8) is 0 Å². The van der Waals surface area contributed by atoms with Crippen molar-refractivity contribution in [3.05, 3.63) is 5.51 Å². The molecule has 0 aromatic carbocycles. The zero-order valence-electron chi connectivity index (χ0n) is 9.29. The third kappa shape index (κ3) is 2.60. The van der Waals surface area contributed by atoms with Gasteiger partial charge in [0, 0.05) is 0 Å². The van der Waals surface area contributed by atoms with Crippen molar-refractivity contribution in [2.75, 3.05) is 5.32 Å². The Balaban J connectivity index is 2.05. The number of carbonyl (C=O) groups is 2. The number of carboxylic acid groups (broad SMARTS) is 1. The van der Waals surface area contributed by atoms with E-state index < -0.39 is 17.8 Å². The van der Waals surface area contributed by atoms with Gasteiger partial charge in [-0.25, -0.2) is 0 Å². The van der Waals surface area contributed by atoms with Crippen LogP contribution in [0.1, 0.15) is 19.8 Å². The maximum absolute atomic E-state index is 11.9. The van der Waals surface area contributed by atoms with Gasteiger partial charge >= 0.3 is 5.97 Å². The Morgan fingerprint density at radius 2 is 2.18 bits per heavy atom. The fourth-order valence-electron chi connectivity index (χ4n) is 2.28. The van der Waals surface area contributed by atoms with Crippen LogP contribution in [0.2, 0.25) is 0 Å². The van der Waals surface area contributed by atoms with Crippen molar-refractivity contribution in [1.82, 2.24) is 10.2 Å². The lowest BCUT2D eigenvalue weighted by Gasteiger charge is -2.13. The minimum Gasteiger partial charge on any atom is -0.481 e. The summed E-state index contributed by atoms with van der Waals surface area (Å²) in [6, 6.07) is 0. The highest BCUT2D eigenvalue weighted by Crippen LogP contribution is 2.37. The lowest BCUT2D eigenvalue weighted by atomic mass is 9.95. The van der Waals surface area contributed by atoms with Crippen LogP contribution in [0.15, 0.2) is 5.51 Å². The molecule has 0 aliphatic heterocycles. The van der Waals surface area contributed by atoms with Crippen LogP contribution in [-0.2, 0) is 9.59 Å². The Morgan fingerprint density at radius 1 is 1.47 bits per heavy atom. The summed E-state index contributed by atoms with van der Waals surface area (Å²) in [7, 11) is 0. The zero-order valence-corrected chi connectivity index (χ0v) is 10.1. The first-order chi connectivity index (χ1) is 8.08. The van der Waals surface area contributed by atoms with Crippen molar-refractivity contribution in [1.29, 1.82) is 0 Å². The summed E-state index contributed by atoms with van der Waals surface area (Å²) in [5.74, 6) is -1.95. The number of nitrogens with zero attached hydrogens (tertiary/aromatic N) is 2. The van der Waals surface area contributed by atoms with Gasteiger partial charge in [0.25, 0.3) is 0 Å². The molecule has 17 heavy (non-hydrogen) atoms. The molecular weight excluding hydrogens is 242 g/mol. The fourth-order valence-corrected chi connectivity index (χ4v) is 2.73. The van der Waals surface area contributed by atoms with E-state index in [0.717, 1.165) is 0 Å². The molecule has 7 heteroatoms. The molecule has 2 rings (SSSR count). The number of amides is 1. The molecule has 1 amide bonds. The highest BCUT2D eigenvalue weighted by atomic mass is 32.1. The monoisotopic (exact) mass is 255 g/mol. The minimum absolute atomic E-state index is 0.265. The summed E-state index contributed by atoms with van der Waals surface area (Å²) in [4.78, 5) is 23.0. The number of anilines is 1. The molecule has 1 saturated carbocycles. The number of carbonyl (C=O) groups excluding carboxylic acids is 1. The Bertz CT molecular complexity index is 420. The Labute approximate surface area is 102 Å². The molecule has 1 heterocycles. The van der Waals surface area contributed by atoms with E-state index in [4.69, 9.17) is 5.11 Å². The van der Waals surface area contributed by atoms with Gasteiger partial charge in [-0.3, -0.25) is 9.59 Å². The molecule has 1 fully saturated rings. The van der Waals surface area contributed by atoms with Crippen LogP contribution >= 0.6 is 11.3 Å². The summed E-state index contributed by atoms with van der Waals surface area (Å²) in [5.41, 5.74) is 1.52. The Kier molecular flexibility index (Phi) is 3.37. The predicted octanol–water partition coefficient (Wildman–Crippen LogP) is 1.22. The molecule has 1 aromatic heterocycles. The topological polar surface area (TPSA) is 92.2 Å². The van der Waals surface area contributed by atoms with Gasteiger partial charge in [-0.1, -0.05) is 18.3 Å². The smallest absolute Gasteiger partial charge is 0.307 e. The van der Waals surface area contributed by atoms with E-state index in [1.165, 1.54) is 16.8 Å². The van der Waals surface area contributed by atoms with Crippen molar-refractivity contribution < 1.29 is 14.7 Å². The molecule has 0 saturated heterocycles. The molecule has 92 valence electrons. The standard InChI is InChI=1S/C10H13N3O3S/c1-5-2-6(7(3-5)9(15)16)8(14)12-10-13-11-4-17-10/h4-7H,2-3H2,1H3,(H,15,16)(H,12,13,14). The van der Waals surface area contributed by atoms with Crippen LogP contribution in [0.3, 0.4) is 0 Å². The second-order valence-electron chi connectivity index (χ2n) is 4.36. The Morgan fingerprint density at radius 3 is 2.76 bits per heavy atom. The fraction of sp³-hybridized carbons (Fsp3) is 0.600. The van der Waals surface area contributed by atoms with Crippen molar-refractivity contribution in [3.8, 4) is 0 Å². The van der Waals surface area contributed by atoms with Gasteiger partial charge in [-0.2, -0.15) is 0 Å². The van der Waals surface area contributed by atoms with Crippen LogP contribution in [0, 0.1) is 17.8 Å². The summed E-state index contributed by atoms with van der Waals surface area (Å²) in [6.07, 6.45) is 1.17. The first-order valence-electron chi connectivity index (χ1n) is 5.37. The number of rotatable bonds is 3.